The molecule has 140 valence electrons. The van der Waals surface area contributed by atoms with Gasteiger partial charge in [0.1, 0.15) is 5.82 Å². The van der Waals surface area contributed by atoms with Crippen LogP contribution in [0.2, 0.25) is 0 Å². The number of hydrogen-bond donors (Lipinski definition) is 1. The molecule has 1 amide bonds. The standard InChI is InChI=1S/C19H23FN2O3S/c1-4-14-8-7-9-15(12-14)21-19(23)17-13-16(10-11-18(17)20)26(24,25)22(5-2)6-3/h7-13H,4-6H2,1-3H3,(H,21,23). The van der Waals surface area contributed by atoms with Gasteiger partial charge in [-0.3, -0.25) is 4.79 Å². The zero-order valence-corrected chi connectivity index (χ0v) is 15.9. The van der Waals surface area contributed by atoms with Gasteiger partial charge in [-0.2, -0.15) is 4.31 Å². The number of sulfonamides is 1. The van der Waals surface area contributed by atoms with Crippen molar-refractivity contribution in [1.29, 1.82) is 0 Å². The smallest absolute Gasteiger partial charge is 0.258 e. The summed E-state index contributed by atoms with van der Waals surface area (Å²) in [7, 11) is -3.77. The summed E-state index contributed by atoms with van der Waals surface area (Å²) in [4.78, 5) is 12.4. The average molecular weight is 378 g/mol. The molecule has 0 saturated carbocycles. The van der Waals surface area contributed by atoms with Gasteiger partial charge in [0.2, 0.25) is 10.0 Å². The number of carbonyl (C=O) groups is 1. The number of nitrogens with zero attached hydrogens (tertiary/aromatic N) is 1. The summed E-state index contributed by atoms with van der Waals surface area (Å²) >= 11 is 0. The van der Waals surface area contributed by atoms with Crippen LogP contribution in [0.1, 0.15) is 36.7 Å². The number of hydrogen-bond acceptors (Lipinski definition) is 3. The van der Waals surface area contributed by atoms with Gasteiger partial charge in [-0.25, -0.2) is 12.8 Å². The number of aryl methyl sites for hydroxylation is 1. The van der Waals surface area contributed by atoms with Gasteiger partial charge in [0, 0.05) is 18.8 Å². The Bertz CT molecular complexity index is 893. The SMILES string of the molecule is CCc1cccc(NC(=O)c2cc(S(=O)(=O)N(CC)CC)ccc2F)c1. The minimum Gasteiger partial charge on any atom is -0.322 e. The van der Waals surface area contributed by atoms with E-state index in [1.54, 1.807) is 32.0 Å². The second-order valence-corrected chi connectivity index (χ2v) is 7.68. The van der Waals surface area contributed by atoms with Crippen LogP contribution in [-0.4, -0.2) is 31.7 Å². The van der Waals surface area contributed by atoms with Crippen molar-refractivity contribution >= 4 is 21.6 Å². The monoisotopic (exact) mass is 378 g/mol. The number of amides is 1. The van der Waals surface area contributed by atoms with Crippen molar-refractivity contribution in [3.8, 4) is 0 Å². The van der Waals surface area contributed by atoms with Crippen LogP contribution in [-0.2, 0) is 16.4 Å². The topological polar surface area (TPSA) is 66.5 Å². The third kappa shape index (κ3) is 4.28. The first kappa shape index (κ1) is 20.1. The van der Waals surface area contributed by atoms with Crippen molar-refractivity contribution in [2.75, 3.05) is 18.4 Å². The highest BCUT2D eigenvalue weighted by Crippen LogP contribution is 2.20. The summed E-state index contributed by atoms with van der Waals surface area (Å²) in [6.45, 7) is 6.02. The van der Waals surface area contributed by atoms with E-state index in [0.29, 0.717) is 18.8 Å². The van der Waals surface area contributed by atoms with Gasteiger partial charge in [0.15, 0.2) is 0 Å². The van der Waals surface area contributed by atoms with E-state index in [0.717, 1.165) is 24.1 Å². The summed E-state index contributed by atoms with van der Waals surface area (Å²) in [6, 6.07) is 10.5. The summed E-state index contributed by atoms with van der Waals surface area (Å²) in [5.74, 6) is -1.46. The van der Waals surface area contributed by atoms with E-state index >= 15 is 0 Å². The van der Waals surface area contributed by atoms with Crippen molar-refractivity contribution in [3.05, 3.63) is 59.4 Å². The lowest BCUT2D eigenvalue weighted by atomic mass is 10.1. The van der Waals surface area contributed by atoms with Crippen LogP contribution in [0, 0.1) is 5.82 Å². The fraction of sp³-hybridized carbons (Fsp3) is 0.316. The number of halogens is 1. The fourth-order valence-corrected chi connectivity index (χ4v) is 4.10. The summed E-state index contributed by atoms with van der Waals surface area (Å²) in [5, 5.41) is 2.62. The van der Waals surface area contributed by atoms with Gasteiger partial charge in [-0.15, -0.1) is 0 Å². The summed E-state index contributed by atoms with van der Waals surface area (Å²) in [5.41, 5.74) is 1.26. The normalized spacial score (nSPS) is 11.6. The maximum atomic E-state index is 14.2. The molecule has 0 fully saturated rings. The molecule has 26 heavy (non-hydrogen) atoms. The molecule has 0 unspecified atom stereocenters. The van der Waals surface area contributed by atoms with Crippen LogP contribution in [0.4, 0.5) is 10.1 Å². The minimum atomic E-state index is -3.77. The van der Waals surface area contributed by atoms with E-state index in [2.05, 4.69) is 5.32 Å². The Morgan fingerprint density at radius 1 is 1.08 bits per heavy atom. The quantitative estimate of drug-likeness (QED) is 0.799. The largest absolute Gasteiger partial charge is 0.322 e. The Labute approximate surface area is 153 Å². The second kappa shape index (κ2) is 8.42. The van der Waals surface area contributed by atoms with Gasteiger partial charge < -0.3 is 5.32 Å². The molecule has 0 heterocycles. The van der Waals surface area contributed by atoms with E-state index in [1.807, 2.05) is 13.0 Å². The van der Waals surface area contributed by atoms with Crippen molar-refractivity contribution < 1.29 is 17.6 Å². The van der Waals surface area contributed by atoms with Crippen molar-refractivity contribution in [2.45, 2.75) is 32.1 Å². The number of anilines is 1. The van der Waals surface area contributed by atoms with E-state index in [-0.39, 0.29) is 10.5 Å². The van der Waals surface area contributed by atoms with Crippen LogP contribution in [0.5, 0.6) is 0 Å². The third-order valence-corrected chi connectivity index (χ3v) is 6.16. The molecule has 0 radical (unpaired) electrons. The van der Waals surface area contributed by atoms with E-state index in [1.165, 1.54) is 10.4 Å². The van der Waals surface area contributed by atoms with Crippen LogP contribution >= 0.6 is 0 Å². The number of nitrogens with one attached hydrogen (secondary N) is 1. The highest BCUT2D eigenvalue weighted by molar-refractivity contribution is 7.89. The first-order valence-corrected chi connectivity index (χ1v) is 9.97. The Morgan fingerprint density at radius 3 is 2.38 bits per heavy atom. The van der Waals surface area contributed by atoms with Crippen LogP contribution in [0.3, 0.4) is 0 Å². The first-order valence-electron chi connectivity index (χ1n) is 8.53. The predicted molar refractivity (Wildman–Crippen MR) is 100 cm³/mol. The zero-order valence-electron chi connectivity index (χ0n) is 15.1. The molecule has 0 bridgehead atoms. The van der Waals surface area contributed by atoms with Gasteiger partial charge >= 0.3 is 0 Å². The summed E-state index contributed by atoms with van der Waals surface area (Å²) < 4.78 is 40.6. The Hall–Kier alpha value is -2.25. The molecule has 0 aliphatic rings. The lowest BCUT2D eigenvalue weighted by molar-refractivity contribution is 0.102. The van der Waals surface area contributed by atoms with E-state index < -0.39 is 21.7 Å². The molecule has 2 aromatic rings. The number of benzene rings is 2. The van der Waals surface area contributed by atoms with Crippen LogP contribution in [0.25, 0.3) is 0 Å². The first-order chi connectivity index (χ1) is 12.3. The molecule has 7 heteroatoms. The van der Waals surface area contributed by atoms with Gasteiger partial charge in [0.25, 0.3) is 5.91 Å². The molecule has 0 aliphatic carbocycles. The number of rotatable bonds is 7. The van der Waals surface area contributed by atoms with E-state index in [4.69, 9.17) is 0 Å². The molecule has 2 aromatic carbocycles. The van der Waals surface area contributed by atoms with Crippen molar-refractivity contribution in [1.82, 2.24) is 4.31 Å². The minimum absolute atomic E-state index is 0.102. The maximum absolute atomic E-state index is 14.2. The molecule has 0 aliphatic heterocycles. The molecular formula is C19H23FN2O3S. The summed E-state index contributed by atoms with van der Waals surface area (Å²) in [6.07, 6.45) is 0.801. The Kier molecular flexibility index (Phi) is 6.50. The van der Waals surface area contributed by atoms with Crippen LogP contribution in [0.15, 0.2) is 47.4 Å². The second-order valence-electron chi connectivity index (χ2n) is 5.74. The molecule has 5 nitrogen and oxygen atoms in total. The molecule has 0 aromatic heterocycles. The Morgan fingerprint density at radius 2 is 1.77 bits per heavy atom. The molecular weight excluding hydrogens is 355 g/mol. The fourth-order valence-electron chi connectivity index (χ4n) is 2.62. The molecule has 0 saturated heterocycles. The van der Waals surface area contributed by atoms with Gasteiger partial charge in [-0.1, -0.05) is 32.9 Å². The highest BCUT2D eigenvalue weighted by atomic mass is 32.2. The molecule has 0 atom stereocenters. The lowest BCUT2D eigenvalue weighted by Crippen LogP contribution is -2.31. The lowest BCUT2D eigenvalue weighted by Gasteiger charge is -2.19. The van der Waals surface area contributed by atoms with Crippen LogP contribution < -0.4 is 5.32 Å². The van der Waals surface area contributed by atoms with Crippen molar-refractivity contribution in [3.63, 3.8) is 0 Å². The molecule has 1 N–H and O–H groups in total. The Balaban J connectivity index is 2.36. The molecule has 0 spiro atoms. The zero-order chi connectivity index (χ0) is 19.3. The predicted octanol–water partition coefficient (Wildman–Crippen LogP) is 3.67. The number of carbonyl (C=O) groups excluding carboxylic acids is 1. The van der Waals surface area contributed by atoms with E-state index in [9.17, 15) is 17.6 Å². The third-order valence-electron chi connectivity index (χ3n) is 4.12. The van der Waals surface area contributed by atoms with Gasteiger partial charge in [-0.05, 0) is 42.3 Å². The highest BCUT2D eigenvalue weighted by Gasteiger charge is 2.24. The van der Waals surface area contributed by atoms with Gasteiger partial charge in [0.05, 0.1) is 10.5 Å². The molecule has 2 rings (SSSR count). The van der Waals surface area contributed by atoms with Crippen molar-refractivity contribution in [2.24, 2.45) is 0 Å². The average Bonchev–Trinajstić information content (AvgIpc) is 2.62. The maximum Gasteiger partial charge on any atom is 0.258 e.